The van der Waals surface area contributed by atoms with Crippen molar-refractivity contribution < 1.29 is 9.59 Å². The molecule has 1 heterocycles. The molecule has 2 fully saturated rings. The molecule has 2 aliphatic rings. The Labute approximate surface area is 103 Å². The van der Waals surface area contributed by atoms with Crippen molar-refractivity contribution in [1.29, 1.82) is 0 Å². The monoisotopic (exact) mass is 238 g/mol. The number of amides is 2. The largest absolute Gasteiger partial charge is 0.340 e. The SMILES string of the molecule is CCCN1C(=O)C(C)(C2CC2)NC(=O)C1(C)C. The third-order valence-electron chi connectivity index (χ3n) is 4.13. The van der Waals surface area contributed by atoms with Gasteiger partial charge in [-0.25, -0.2) is 0 Å². The zero-order chi connectivity index (χ0) is 12.8. The van der Waals surface area contributed by atoms with E-state index in [0.29, 0.717) is 12.5 Å². The summed E-state index contributed by atoms with van der Waals surface area (Å²) in [5.74, 6) is 0.390. The van der Waals surface area contributed by atoms with Crippen molar-refractivity contribution in [3.05, 3.63) is 0 Å². The van der Waals surface area contributed by atoms with Crippen LogP contribution in [0, 0.1) is 5.92 Å². The maximum Gasteiger partial charge on any atom is 0.249 e. The number of hydrogen-bond acceptors (Lipinski definition) is 2. The van der Waals surface area contributed by atoms with Crippen LogP contribution in [-0.2, 0) is 9.59 Å². The zero-order valence-electron chi connectivity index (χ0n) is 11.2. The average Bonchev–Trinajstić information content (AvgIpc) is 3.06. The Hall–Kier alpha value is -1.06. The predicted molar refractivity (Wildman–Crippen MR) is 65.4 cm³/mol. The van der Waals surface area contributed by atoms with Gasteiger partial charge in [-0.3, -0.25) is 9.59 Å². The minimum Gasteiger partial charge on any atom is -0.340 e. The number of carbonyl (C=O) groups excluding carboxylic acids is 2. The van der Waals surface area contributed by atoms with Crippen LogP contribution < -0.4 is 5.32 Å². The maximum absolute atomic E-state index is 12.6. The first-order chi connectivity index (χ1) is 7.84. The first kappa shape index (κ1) is 12.4. The van der Waals surface area contributed by atoms with Crippen LogP contribution >= 0.6 is 0 Å². The molecule has 1 atom stereocenters. The van der Waals surface area contributed by atoms with Gasteiger partial charge in [0.2, 0.25) is 11.8 Å². The number of rotatable bonds is 3. The Morgan fingerprint density at radius 3 is 2.35 bits per heavy atom. The van der Waals surface area contributed by atoms with Crippen LogP contribution in [0.1, 0.15) is 47.0 Å². The van der Waals surface area contributed by atoms with E-state index in [-0.39, 0.29) is 11.8 Å². The Morgan fingerprint density at radius 2 is 1.88 bits per heavy atom. The third-order valence-corrected chi connectivity index (χ3v) is 4.13. The van der Waals surface area contributed by atoms with Gasteiger partial charge in [0.05, 0.1) is 0 Å². The molecule has 96 valence electrons. The van der Waals surface area contributed by atoms with Crippen LogP contribution in [0.15, 0.2) is 0 Å². The van der Waals surface area contributed by atoms with Gasteiger partial charge in [0.25, 0.3) is 0 Å². The van der Waals surface area contributed by atoms with Gasteiger partial charge in [-0.2, -0.15) is 0 Å². The fourth-order valence-corrected chi connectivity index (χ4v) is 2.64. The summed E-state index contributed by atoms with van der Waals surface area (Å²) in [5, 5.41) is 2.95. The zero-order valence-corrected chi connectivity index (χ0v) is 11.2. The lowest BCUT2D eigenvalue weighted by atomic mass is 9.85. The van der Waals surface area contributed by atoms with Crippen LogP contribution in [0.5, 0.6) is 0 Å². The number of carbonyl (C=O) groups is 2. The summed E-state index contributed by atoms with van der Waals surface area (Å²) in [6, 6.07) is 0. The summed E-state index contributed by atoms with van der Waals surface area (Å²) in [6.07, 6.45) is 2.97. The number of nitrogens with zero attached hydrogens (tertiary/aromatic N) is 1. The minimum atomic E-state index is -0.721. The van der Waals surface area contributed by atoms with E-state index in [0.717, 1.165) is 19.3 Å². The molecule has 0 bridgehead atoms. The van der Waals surface area contributed by atoms with Crippen LogP contribution in [0.3, 0.4) is 0 Å². The summed E-state index contributed by atoms with van der Waals surface area (Å²) < 4.78 is 0. The van der Waals surface area contributed by atoms with E-state index >= 15 is 0 Å². The molecule has 1 aliphatic heterocycles. The van der Waals surface area contributed by atoms with Crippen molar-refractivity contribution in [1.82, 2.24) is 10.2 Å². The van der Waals surface area contributed by atoms with Crippen molar-refractivity contribution in [3.8, 4) is 0 Å². The third kappa shape index (κ3) is 1.74. The van der Waals surface area contributed by atoms with Gasteiger partial charge in [-0.15, -0.1) is 0 Å². The molecule has 1 saturated carbocycles. The molecule has 0 radical (unpaired) electrons. The Balaban J connectivity index is 2.32. The summed E-state index contributed by atoms with van der Waals surface area (Å²) in [6.45, 7) is 8.21. The van der Waals surface area contributed by atoms with Crippen LogP contribution in [-0.4, -0.2) is 34.3 Å². The van der Waals surface area contributed by atoms with Gasteiger partial charge < -0.3 is 10.2 Å². The van der Waals surface area contributed by atoms with Crippen molar-refractivity contribution in [2.45, 2.75) is 58.0 Å². The molecular weight excluding hydrogens is 216 g/mol. The summed E-state index contributed by atoms with van der Waals surface area (Å²) in [7, 11) is 0. The average molecular weight is 238 g/mol. The van der Waals surface area contributed by atoms with Crippen LogP contribution in [0.4, 0.5) is 0 Å². The molecule has 2 rings (SSSR count). The van der Waals surface area contributed by atoms with Crippen molar-refractivity contribution in [2.24, 2.45) is 5.92 Å². The Morgan fingerprint density at radius 1 is 1.29 bits per heavy atom. The van der Waals surface area contributed by atoms with Gasteiger partial charge in [-0.05, 0) is 46.0 Å². The smallest absolute Gasteiger partial charge is 0.249 e. The first-order valence-corrected chi connectivity index (χ1v) is 6.48. The molecule has 1 saturated heterocycles. The van der Waals surface area contributed by atoms with E-state index in [9.17, 15) is 9.59 Å². The minimum absolute atomic E-state index is 0.0278. The second kappa shape index (κ2) is 3.72. The molecular formula is C13H22N2O2. The van der Waals surface area contributed by atoms with E-state index in [1.165, 1.54) is 0 Å². The van der Waals surface area contributed by atoms with E-state index < -0.39 is 11.1 Å². The van der Waals surface area contributed by atoms with Gasteiger partial charge in [0.1, 0.15) is 11.1 Å². The normalized spacial score (nSPS) is 32.6. The molecule has 0 aromatic rings. The lowest BCUT2D eigenvalue weighted by Gasteiger charge is -2.49. The van der Waals surface area contributed by atoms with Gasteiger partial charge in [0, 0.05) is 6.54 Å². The molecule has 1 N–H and O–H groups in total. The molecule has 0 aromatic heterocycles. The quantitative estimate of drug-likeness (QED) is 0.805. The number of piperazine rings is 1. The van der Waals surface area contributed by atoms with E-state index in [1.54, 1.807) is 4.90 Å². The fraction of sp³-hybridized carbons (Fsp3) is 0.846. The molecule has 1 aliphatic carbocycles. The summed E-state index contributed by atoms with van der Waals surface area (Å²) >= 11 is 0. The van der Waals surface area contributed by atoms with Crippen molar-refractivity contribution in [3.63, 3.8) is 0 Å². The number of nitrogens with one attached hydrogen (secondary N) is 1. The van der Waals surface area contributed by atoms with E-state index in [4.69, 9.17) is 0 Å². The lowest BCUT2D eigenvalue weighted by Crippen LogP contribution is -2.74. The predicted octanol–water partition coefficient (Wildman–Crippen LogP) is 1.30. The second-order valence-corrected chi connectivity index (χ2v) is 5.95. The molecule has 4 heteroatoms. The fourth-order valence-electron chi connectivity index (χ4n) is 2.64. The maximum atomic E-state index is 12.6. The Kier molecular flexibility index (Phi) is 2.71. The molecule has 4 nitrogen and oxygen atoms in total. The molecule has 17 heavy (non-hydrogen) atoms. The van der Waals surface area contributed by atoms with Gasteiger partial charge in [-0.1, -0.05) is 6.92 Å². The lowest BCUT2D eigenvalue weighted by molar-refractivity contribution is -0.161. The Bertz CT molecular complexity index is 360. The van der Waals surface area contributed by atoms with E-state index in [1.807, 2.05) is 27.7 Å². The summed E-state index contributed by atoms with van der Waals surface area (Å²) in [5.41, 5.74) is -1.39. The van der Waals surface area contributed by atoms with Crippen LogP contribution in [0.25, 0.3) is 0 Å². The highest BCUT2D eigenvalue weighted by molar-refractivity contribution is 6.02. The highest BCUT2D eigenvalue weighted by atomic mass is 16.2. The van der Waals surface area contributed by atoms with Gasteiger partial charge in [0.15, 0.2) is 0 Å². The van der Waals surface area contributed by atoms with Crippen molar-refractivity contribution in [2.75, 3.05) is 6.54 Å². The first-order valence-electron chi connectivity index (χ1n) is 6.48. The van der Waals surface area contributed by atoms with E-state index in [2.05, 4.69) is 5.32 Å². The molecule has 0 aromatic carbocycles. The van der Waals surface area contributed by atoms with Crippen molar-refractivity contribution >= 4 is 11.8 Å². The van der Waals surface area contributed by atoms with Gasteiger partial charge >= 0.3 is 0 Å². The molecule has 1 unspecified atom stereocenters. The highest BCUT2D eigenvalue weighted by Gasteiger charge is 2.57. The van der Waals surface area contributed by atoms with Crippen LogP contribution in [0.2, 0.25) is 0 Å². The molecule has 2 amide bonds. The number of hydrogen-bond donors (Lipinski definition) is 1. The topological polar surface area (TPSA) is 49.4 Å². The standard InChI is InChI=1S/C13H22N2O2/c1-5-8-15-11(17)13(4,9-6-7-9)14-10(16)12(15,2)3/h9H,5-8H2,1-4H3,(H,14,16). The summed E-state index contributed by atoms with van der Waals surface area (Å²) in [4.78, 5) is 26.5. The molecule has 0 spiro atoms. The highest BCUT2D eigenvalue weighted by Crippen LogP contribution is 2.43. The second-order valence-electron chi connectivity index (χ2n) is 5.95.